The molecule has 0 aliphatic heterocycles. The Kier molecular flexibility index (Phi) is 4.92. The number of amides is 1. The SMILES string of the molecule is CCC(c1ccccn1)N(C)C(=O)c1csc2nc(-c3cccc(F)c3)cn12. The first-order valence-electron chi connectivity index (χ1n) is 8.99. The second-order valence-electron chi connectivity index (χ2n) is 6.50. The van der Waals surface area contributed by atoms with Crippen LogP contribution in [-0.2, 0) is 0 Å². The summed E-state index contributed by atoms with van der Waals surface area (Å²) in [6, 6.07) is 11.9. The zero-order chi connectivity index (χ0) is 19.7. The normalized spacial score (nSPS) is 12.2. The number of benzene rings is 1. The summed E-state index contributed by atoms with van der Waals surface area (Å²) >= 11 is 1.39. The molecular weight excluding hydrogens is 375 g/mol. The maximum Gasteiger partial charge on any atom is 0.272 e. The van der Waals surface area contributed by atoms with E-state index in [9.17, 15) is 9.18 Å². The van der Waals surface area contributed by atoms with Gasteiger partial charge in [-0.25, -0.2) is 9.37 Å². The van der Waals surface area contributed by atoms with Gasteiger partial charge in [-0.1, -0.05) is 25.1 Å². The molecule has 5 nitrogen and oxygen atoms in total. The highest BCUT2D eigenvalue weighted by Crippen LogP contribution is 2.27. The van der Waals surface area contributed by atoms with Crippen LogP contribution >= 0.6 is 11.3 Å². The molecule has 1 atom stereocenters. The number of imidazole rings is 1. The summed E-state index contributed by atoms with van der Waals surface area (Å²) in [6.45, 7) is 2.03. The molecule has 0 saturated heterocycles. The van der Waals surface area contributed by atoms with Gasteiger partial charge in [-0.2, -0.15) is 0 Å². The van der Waals surface area contributed by atoms with Crippen molar-refractivity contribution in [2.75, 3.05) is 7.05 Å². The van der Waals surface area contributed by atoms with Crippen molar-refractivity contribution in [2.45, 2.75) is 19.4 Å². The van der Waals surface area contributed by atoms with Crippen LogP contribution in [0.1, 0.15) is 35.6 Å². The zero-order valence-corrected chi connectivity index (χ0v) is 16.4. The fourth-order valence-corrected chi connectivity index (χ4v) is 4.15. The average Bonchev–Trinajstić information content (AvgIpc) is 3.29. The molecule has 0 fully saturated rings. The Hall–Kier alpha value is -3.06. The predicted molar refractivity (Wildman–Crippen MR) is 108 cm³/mol. The molecule has 0 bridgehead atoms. The Balaban J connectivity index is 1.67. The van der Waals surface area contributed by atoms with E-state index in [2.05, 4.69) is 9.97 Å². The molecule has 4 aromatic rings. The number of thiazole rings is 1. The highest BCUT2D eigenvalue weighted by Gasteiger charge is 2.25. The van der Waals surface area contributed by atoms with E-state index in [1.807, 2.05) is 30.5 Å². The molecule has 1 amide bonds. The van der Waals surface area contributed by atoms with Gasteiger partial charge in [-0.05, 0) is 30.7 Å². The van der Waals surface area contributed by atoms with E-state index in [4.69, 9.17) is 0 Å². The Bertz CT molecular complexity index is 1120. The Morgan fingerprint density at radius 2 is 2.14 bits per heavy atom. The number of nitrogens with zero attached hydrogens (tertiary/aromatic N) is 4. The number of pyridine rings is 1. The molecule has 1 aromatic carbocycles. The number of hydrogen-bond donors (Lipinski definition) is 0. The topological polar surface area (TPSA) is 50.5 Å². The van der Waals surface area contributed by atoms with Gasteiger partial charge in [0, 0.05) is 30.4 Å². The minimum atomic E-state index is -0.314. The minimum absolute atomic E-state index is 0.105. The number of carbonyl (C=O) groups is 1. The molecule has 0 spiro atoms. The van der Waals surface area contributed by atoms with Crippen molar-refractivity contribution < 1.29 is 9.18 Å². The lowest BCUT2D eigenvalue weighted by Crippen LogP contribution is -2.32. The number of rotatable bonds is 5. The van der Waals surface area contributed by atoms with Crippen molar-refractivity contribution in [1.82, 2.24) is 19.3 Å². The highest BCUT2D eigenvalue weighted by molar-refractivity contribution is 7.15. The van der Waals surface area contributed by atoms with E-state index < -0.39 is 0 Å². The van der Waals surface area contributed by atoms with E-state index in [0.29, 0.717) is 21.9 Å². The van der Waals surface area contributed by atoms with Gasteiger partial charge in [0.2, 0.25) is 0 Å². The van der Waals surface area contributed by atoms with Gasteiger partial charge in [-0.15, -0.1) is 11.3 Å². The van der Waals surface area contributed by atoms with Crippen LogP contribution in [0.4, 0.5) is 4.39 Å². The molecule has 7 heteroatoms. The first-order chi connectivity index (χ1) is 13.6. The van der Waals surface area contributed by atoms with Crippen LogP contribution in [0, 0.1) is 5.82 Å². The predicted octanol–water partition coefficient (Wildman–Crippen LogP) is 4.82. The molecule has 0 aliphatic carbocycles. The third-order valence-electron chi connectivity index (χ3n) is 4.75. The van der Waals surface area contributed by atoms with Gasteiger partial charge in [0.1, 0.15) is 11.5 Å². The first-order valence-corrected chi connectivity index (χ1v) is 9.87. The summed E-state index contributed by atoms with van der Waals surface area (Å²) in [4.78, 5) is 24.5. The first kappa shape index (κ1) is 18.3. The number of aromatic nitrogens is 3. The van der Waals surface area contributed by atoms with Gasteiger partial charge in [0.05, 0.1) is 17.4 Å². The van der Waals surface area contributed by atoms with Crippen molar-refractivity contribution in [2.24, 2.45) is 0 Å². The molecule has 4 rings (SSSR count). The van der Waals surface area contributed by atoms with Crippen LogP contribution < -0.4 is 0 Å². The Morgan fingerprint density at radius 1 is 1.29 bits per heavy atom. The van der Waals surface area contributed by atoms with Crippen molar-refractivity contribution >= 4 is 22.2 Å². The third kappa shape index (κ3) is 3.29. The molecule has 28 heavy (non-hydrogen) atoms. The lowest BCUT2D eigenvalue weighted by atomic mass is 10.1. The summed E-state index contributed by atoms with van der Waals surface area (Å²) in [6.07, 6.45) is 4.27. The zero-order valence-electron chi connectivity index (χ0n) is 15.5. The molecule has 1 unspecified atom stereocenters. The lowest BCUT2D eigenvalue weighted by Gasteiger charge is -2.26. The molecular formula is C21H19FN4OS. The number of fused-ring (bicyclic) bond motifs is 1. The number of carbonyl (C=O) groups excluding carboxylic acids is 1. The van der Waals surface area contributed by atoms with Gasteiger partial charge >= 0.3 is 0 Å². The fourth-order valence-electron chi connectivity index (χ4n) is 3.30. The summed E-state index contributed by atoms with van der Waals surface area (Å²) in [5.74, 6) is -0.419. The molecule has 0 radical (unpaired) electrons. The maximum absolute atomic E-state index is 13.5. The maximum atomic E-state index is 13.5. The summed E-state index contributed by atoms with van der Waals surface area (Å²) < 4.78 is 15.3. The Morgan fingerprint density at radius 3 is 2.86 bits per heavy atom. The molecule has 142 valence electrons. The second-order valence-corrected chi connectivity index (χ2v) is 7.34. The molecule has 0 saturated carbocycles. The smallest absolute Gasteiger partial charge is 0.272 e. The fraction of sp³-hybridized carbons (Fsp3) is 0.190. The van der Waals surface area contributed by atoms with E-state index in [1.165, 1.54) is 23.5 Å². The third-order valence-corrected chi connectivity index (χ3v) is 5.59. The van der Waals surface area contributed by atoms with E-state index in [-0.39, 0.29) is 17.8 Å². The van der Waals surface area contributed by atoms with Crippen molar-refractivity contribution in [3.8, 4) is 11.3 Å². The van der Waals surface area contributed by atoms with Gasteiger partial charge in [0.25, 0.3) is 5.91 Å². The largest absolute Gasteiger partial charge is 0.332 e. The monoisotopic (exact) mass is 394 g/mol. The standard InChI is InChI=1S/C21H19FN4OS/c1-3-18(16-9-4-5-10-23-16)25(2)20(27)19-13-28-21-24-17(12-26(19)21)14-7-6-8-15(22)11-14/h4-13,18H,3H2,1-2H3. The van der Waals surface area contributed by atoms with Gasteiger partial charge < -0.3 is 4.90 Å². The van der Waals surface area contributed by atoms with Gasteiger partial charge in [-0.3, -0.25) is 14.2 Å². The second kappa shape index (κ2) is 7.52. The number of hydrogen-bond acceptors (Lipinski definition) is 4. The van der Waals surface area contributed by atoms with E-state index >= 15 is 0 Å². The molecule has 0 N–H and O–H groups in total. The molecule has 0 aliphatic rings. The summed E-state index contributed by atoms with van der Waals surface area (Å²) in [5, 5.41) is 1.81. The van der Waals surface area contributed by atoms with Crippen LogP contribution in [0.3, 0.4) is 0 Å². The lowest BCUT2D eigenvalue weighted by molar-refractivity contribution is 0.0716. The molecule has 3 heterocycles. The van der Waals surface area contributed by atoms with Crippen molar-refractivity contribution in [1.29, 1.82) is 0 Å². The van der Waals surface area contributed by atoms with E-state index in [1.54, 1.807) is 40.9 Å². The quantitative estimate of drug-likeness (QED) is 0.488. The molecule has 3 aromatic heterocycles. The number of halogens is 1. The van der Waals surface area contributed by atoms with E-state index in [0.717, 1.165) is 12.1 Å². The average molecular weight is 394 g/mol. The van der Waals surface area contributed by atoms with Gasteiger partial charge in [0.15, 0.2) is 4.96 Å². The summed E-state index contributed by atoms with van der Waals surface area (Å²) in [7, 11) is 1.79. The van der Waals surface area contributed by atoms with Crippen LogP contribution in [0.5, 0.6) is 0 Å². The minimum Gasteiger partial charge on any atom is -0.332 e. The van der Waals surface area contributed by atoms with Crippen LogP contribution in [0.25, 0.3) is 16.2 Å². The Labute approximate surface area is 166 Å². The summed E-state index contributed by atoms with van der Waals surface area (Å²) in [5.41, 5.74) is 2.72. The van der Waals surface area contributed by atoms with Crippen LogP contribution in [-0.4, -0.2) is 32.2 Å². The van der Waals surface area contributed by atoms with Crippen molar-refractivity contribution in [3.05, 3.63) is 77.4 Å². The van der Waals surface area contributed by atoms with Crippen molar-refractivity contribution in [3.63, 3.8) is 0 Å². The van der Waals surface area contributed by atoms with Crippen LogP contribution in [0.15, 0.2) is 60.2 Å². The van der Waals surface area contributed by atoms with Crippen LogP contribution in [0.2, 0.25) is 0 Å². The highest BCUT2D eigenvalue weighted by atomic mass is 32.1.